The van der Waals surface area contributed by atoms with E-state index >= 15 is 0 Å². The minimum Gasteiger partial charge on any atom is -0.354 e. The second-order valence-corrected chi connectivity index (χ2v) is 6.02. The van der Waals surface area contributed by atoms with Crippen LogP contribution in [0.1, 0.15) is 18.4 Å². The SMILES string of the molecule is CN(C)c1nc(-c2ccc3c(c2)CCCC(=O)N3)cs1. The average molecular weight is 287 g/mol. The third-order valence-electron chi connectivity index (χ3n) is 3.40. The summed E-state index contributed by atoms with van der Waals surface area (Å²) < 4.78 is 0. The molecule has 5 heteroatoms. The van der Waals surface area contributed by atoms with E-state index in [9.17, 15) is 4.79 Å². The molecule has 1 aromatic carbocycles. The highest BCUT2D eigenvalue weighted by atomic mass is 32.1. The number of anilines is 2. The summed E-state index contributed by atoms with van der Waals surface area (Å²) in [5.41, 5.74) is 4.26. The van der Waals surface area contributed by atoms with Crippen LogP contribution in [0.3, 0.4) is 0 Å². The Morgan fingerprint density at radius 2 is 2.15 bits per heavy atom. The Labute approximate surface area is 122 Å². The summed E-state index contributed by atoms with van der Waals surface area (Å²) in [4.78, 5) is 18.2. The van der Waals surface area contributed by atoms with E-state index in [2.05, 4.69) is 21.7 Å². The number of carbonyl (C=O) groups is 1. The Kier molecular flexibility index (Phi) is 3.44. The van der Waals surface area contributed by atoms with E-state index in [1.165, 1.54) is 5.56 Å². The predicted octanol–water partition coefficient (Wildman–Crippen LogP) is 3.15. The lowest BCUT2D eigenvalue weighted by Gasteiger charge is -2.08. The zero-order chi connectivity index (χ0) is 14.1. The summed E-state index contributed by atoms with van der Waals surface area (Å²) in [5, 5.41) is 6.04. The van der Waals surface area contributed by atoms with Gasteiger partial charge in [0.05, 0.1) is 5.69 Å². The largest absolute Gasteiger partial charge is 0.354 e. The average Bonchev–Trinajstić information content (AvgIpc) is 2.83. The number of benzene rings is 1. The quantitative estimate of drug-likeness (QED) is 0.923. The van der Waals surface area contributed by atoms with Gasteiger partial charge in [0.2, 0.25) is 5.91 Å². The standard InChI is InChI=1S/C15H17N3OS/c1-18(2)15-17-13(9-20-15)11-6-7-12-10(8-11)4-3-5-14(19)16-12/h6-9H,3-5H2,1-2H3,(H,16,19). The molecule has 1 N–H and O–H groups in total. The molecule has 1 aromatic heterocycles. The zero-order valence-electron chi connectivity index (χ0n) is 11.6. The molecule has 0 fully saturated rings. The highest BCUT2D eigenvalue weighted by molar-refractivity contribution is 7.14. The van der Waals surface area contributed by atoms with E-state index in [-0.39, 0.29) is 5.91 Å². The second-order valence-electron chi connectivity index (χ2n) is 5.18. The molecule has 20 heavy (non-hydrogen) atoms. The van der Waals surface area contributed by atoms with Crippen molar-refractivity contribution in [2.24, 2.45) is 0 Å². The van der Waals surface area contributed by atoms with Gasteiger partial charge in [0.25, 0.3) is 0 Å². The highest BCUT2D eigenvalue weighted by Crippen LogP contribution is 2.30. The lowest BCUT2D eigenvalue weighted by Crippen LogP contribution is -2.09. The van der Waals surface area contributed by atoms with E-state index in [1.807, 2.05) is 31.1 Å². The van der Waals surface area contributed by atoms with Crippen LogP contribution >= 0.6 is 11.3 Å². The van der Waals surface area contributed by atoms with Crippen LogP contribution in [0.5, 0.6) is 0 Å². The van der Waals surface area contributed by atoms with Crippen molar-refractivity contribution in [3.8, 4) is 11.3 Å². The number of aromatic nitrogens is 1. The molecule has 4 nitrogen and oxygen atoms in total. The minimum absolute atomic E-state index is 0.111. The summed E-state index contributed by atoms with van der Waals surface area (Å²) in [6, 6.07) is 6.16. The van der Waals surface area contributed by atoms with Gasteiger partial charge in [0.1, 0.15) is 0 Å². The fourth-order valence-electron chi connectivity index (χ4n) is 2.34. The molecular weight excluding hydrogens is 270 g/mol. The van der Waals surface area contributed by atoms with Crippen LogP contribution in [0.15, 0.2) is 23.6 Å². The van der Waals surface area contributed by atoms with Crippen molar-refractivity contribution < 1.29 is 4.79 Å². The topological polar surface area (TPSA) is 45.2 Å². The van der Waals surface area contributed by atoms with Crippen molar-refractivity contribution in [3.05, 3.63) is 29.1 Å². The van der Waals surface area contributed by atoms with Gasteiger partial charge in [-0.1, -0.05) is 6.07 Å². The highest BCUT2D eigenvalue weighted by Gasteiger charge is 2.14. The number of fused-ring (bicyclic) bond motifs is 1. The van der Waals surface area contributed by atoms with Gasteiger partial charge in [0.15, 0.2) is 5.13 Å². The van der Waals surface area contributed by atoms with Crippen LogP contribution in [0, 0.1) is 0 Å². The molecule has 0 radical (unpaired) electrons. The third kappa shape index (κ3) is 2.54. The molecule has 0 unspecified atom stereocenters. The predicted molar refractivity (Wildman–Crippen MR) is 83.4 cm³/mol. The number of amides is 1. The molecule has 104 valence electrons. The first kappa shape index (κ1) is 13.1. The van der Waals surface area contributed by atoms with Gasteiger partial charge in [-0.2, -0.15) is 0 Å². The summed E-state index contributed by atoms with van der Waals surface area (Å²) >= 11 is 1.64. The second kappa shape index (κ2) is 5.25. The maximum Gasteiger partial charge on any atom is 0.224 e. The monoisotopic (exact) mass is 287 g/mol. The maximum absolute atomic E-state index is 11.6. The van der Waals surface area contributed by atoms with E-state index in [0.29, 0.717) is 6.42 Å². The normalized spacial score (nSPS) is 14.4. The zero-order valence-corrected chi connectivity index (χ0v) is 12.5. The van der Waals surface area contributed by atoms with E-state index in [0.717, 1.165) is 34.9 Å². The van der Waals surface area contributed by atoms with Crippen molar-refractivity contribution in [2.45, 2.75) is 19.3 Å². The Balaban J connectivity index is 1.95. The Morgan fingerprint density at radius 3 is 2.90 bits per heavy atom. The number of rotatable bonds is 2. The maximum atomic E-state index is 11.6. The van der Waals surface area contributed by atoms with Crippen molar-refractivity contribution in [3.63, 3.8) is 0 Å². The van der Waals surface area contributed by atoms with Gasteiger partial charge in [0, 0.05) is 37.1 Å². The van der Waals surface area contributed by atoms with Crippen LogP contribution < -0.4 is 10.2 Å². The molecule has 2 heterocycles. The number of thiazole rings is 1. The lowest BCUT2D eigenvalue weighted by molar-refractivity contribution is -0.116. The van der Waals surface area contributed by atoms with Crippen molar-refractivity contribution in [1.82, 2.24) is 4.98 Å². The number of nitrogens with one attached hydrogen (secondary N) is 1. The Morgan fingerprint density at radius 1 is 1.30 bits per heavy atom. The summed E-state index contributed by atoms with van der Waals surface area (Å²) in [7, 11) is 3.99. The van der Waals surface area contributed by atoms with Gasteiger partial charge in [-0.25, -0.2) is 4.98 Å². The third-order valence-corrected chi connectivity index (χ3v) is 4.41. The van der Waals surface area contributed by atoms with Gasteiger partial charge in [-0.15, -0.1) is 11.3 Å². The van der Waals surface area contributed by atoms with E-state index in [1.54, 1.807) is 11.3 Å². The molecule has 0 atom stereocenters. The molecule has 0 saturated carbocycles. The van der Waals surface area contributed by atoms with E-state index in [4.69, 9.17) is 0 Å². The first-order valence-electron chi connectivity index (χ1n) is 6.69. The van der Waals surface area contributed by atoms with Gasteiger partial charge >= 0.3 is 0 Å². The molecule has 3 rings (SSSR count). The number of hydrogen-bond acceptors (Lipinski definition) is 4. The lowest BCUT2D eigenvalue weighted by atomic mass is 10.0. The van der Waals surface area contributed by atoms with Gasteiger partial charge < -0.3 is 10.2 Å². The molecule has 1 aliphatic heterocycles. The van der Waals surface area contributed by atoms with Crippen molar-refractivity contribution in [1.29, 1.82) is 0 Å². The molecule has 0 bridgehead atoms. The number of aryl methyl sites for hydroxylation is 1. The molecule has 1 aliphatic rings. The van der Waals surface area contributed by atoms with Crippen LogP contribution in [0.25, 0.3) is 11.3 Å². The number of nitrogens with zero attached hydrogens (tertiary/aromatic N) is 2. The molecule has 2 aromatic rings. The van der Waals surface area contributed by atoms with Crippen LogP contribution in [-0.4, -0.2) is 25.0 Å². The van der Waals surface area contributed by atoms with Crippen LogP contribution in [0.2, 0.25) is 0 Å². The molecule has 1 amide bonds. The molecule has 0 spiro atoms. The first-order valence-corrected chi connectivity index (χ1v) is 7.57. The van der Waals surface area contributed by atoms with Crippen LogP contribution in [-0.2, 0) is 11.2 Å². The smallest absolute Gasteiger partial charge is 0.224 e. The van der Waals surface area contributed by atoms with Crippen molar-refractivity contribution in [2.75, 3.05) is 24.3 Å². The van der Waals surface area contributed by atoms with Gasteiger partial charge in [-0.3, -0.25) is 4.79 Å². The molecule has 0 saturated heterocycles. The van der Waals surface area contributed by atoms with Crippen molar-refractivity contribution >= 4 is 28.1 Å². The fourth-order valence-corrected chi connectivity index (χ4v) is 3.10. The van der Waals surface area contributed by atoms with Crippen LogP contribution in [0.4, 0.5) is 10.8 Å². The summed E-state index contributed by atoms with van der Waals surface area (Å²) in [6.45, 7) is 0. The van der Waals surface area contributed by atoms with E-state index < -0.39 is 0 Å². The number of hydrogen-bond donors (Lipinski definition) is 1. The summed E-state index contributed by atoms with van der Waals surface area (Å²) in [5.74, 6) is 0.111. The minimum atomic E-state index is 0.111. The fraction of sp³-hybridized carbons (Fsp3) is 0.333. The Bertz CT molecular complexity index is 648. The number of carbonyl (C=O) groups excluding carboxylic acids is 1. The Hall–Kier alpha value is -1.88. The van der Waals surface area contributed by atoms with Gasteiger partial charge in [-0.05, 0) is 30.5 Å². The molecular formula is C15H17N3OS. The molecule has 0 aliphatic carbocycles. The first-order chi connectivity index (χ1) is 9.63. The summed E-state index contributed by atoms with van der Waals surface area (Å²) in [6.07, 6.45) is 2.44.